The number of H-pyrrole nitrogens is 2. The fourth-order valence-corrected chi connectivity index (χ4v) is 8.59. The molecule has 0 bridgehead atoms. The van der Waals surface area contributed by atoms with Crippen LogP contribution in [0.25, 0.3) is 0 Å². The van der Waals surface area contributed by atoms with Crippen molar-refractivity contribution in [2.75, 3.05) is 0 Å². The molecule has 0 spiro atoms. The number of aryl methyl sites for hydroxylation is 6. The number of nitrogens with one attached hydrogen (secondary N) is 2. The molecule has 5 aromatic rings. The van der Waals surface area contributed by atoms with Crippen molar-refractivity contribution in [3.8, 4) is 0 Å². The summed E-state index contributed by atoms with van der Waals surface area (Å²) < 4.78 is 3.04. The van der Waals surface area contributed by atoms with Crippen molar-refractivity contribution < 1.29 is 0 Å². The van der Waals surface area contributed by atoms with Gasteiger partial charge in [-0.1, -0.05) is 0 Å². The third-order valence-electron chi connectivity index (χ3n) is 7.14. The van der Waals surface area contributed by atoms with Crippen molar-refractivity contribution in [1.29, 1.82) is 0 Å². The molecular formula is C32H34N2Se. The van der Waals surface area contributed by atoms with Gasteiger partial charge in [0.2, 0.25) is 0 Å². The van der Waals surface area contributed by atoms with Crippen LogP contribution in [0.1, 0.15) is 76.6 Å². The van der Waals surface area contributed by atoms with Gasteiger partial charge in [-0.25, -0.2) is 0 Å². The van der Waals surface area contributed by atoms with Gasteiger partial charge in [-0.3, -0.25) is 0 Å². The van der Waals surface area contributed by atoms with Crippen LogP contribution >= 0.6 is 0 Å². The van der Waals surface area contributed by atoms with Crippen LogP contribution in [0.4, 0.5) is 0 Å². The maximum atomic E-state index is 3.55. The molecule has 0 aliphatic heterocycles. The van der Waals surface area contributed by atoms with E-state index in [9.17, 15) is 0 Å². The van der Waals surface area contributed by atoms with Crippen LogP contribution in [0.15, 0.2) is 73.1 Å². The molecule has 2 nitrogen and oxygen atoms in total. The van der Waals surface area contributed by atoms with E-state index in [2.05, 4.69) is 125 Å². The zero-order chi connectivity index (χ0) is 24.7. The van der Waals surface area contributed by atoms with Crippen LogP contribution in [0.3, 0.4) is 0 Å². The van der Waals surface area contributed by atoms with Gasteiger partial charge in [-0.15, -0.1) is 0 Å². The Morgan fingerprint density at radius 2 is 0.914 bits per heavy atom. The van der Waals surface area contributed by atoms with E-state index < -0.39 is 0 Å². The first-order chi connectivity index (χ1) is 16.8. The van der Waals surface area contributed by atoms with E-state index >= 15 is 0 Å². The van der Waals surface area contributed by atoms with E-state index in [1.165, 1.54) is 64.8 Å². The Labute approximate surface area is 215 Å². The first-order valence-corrected chi connectivity index (χ1v) is 14.1. The molecule has 35 heavy (non-hydrogen) atoms. The molecule has 2 aromatic carbocycles. The molecule has 3 heteroatoms. The van der Waals surface area contributed by atoms with E-state index in [1.54, 1.807) is 0 Å². The molecule has 0 radical (unpaired) electrons. The Morgan fingerprint density at radius 3 is 1.23 bits per heavy atom. The monoisotopic (exact) mass is 526 g/mol. The summed E-state index contributed by atoms with van der Waals surface area (Å²) in [4.78, 5) is 7.10. The van der Waals surface area contributed by atoms with Crippen molar-refractivity contribution in [3.05, 3.63) is 138 Å². The van der Waals surface area contributed by atoms with Gasteiger partial charge in [-0.05, 0) is 0 Å². The molecule has 3 aromatic heterocycles. The van der Waals surface area contributed by atoms with Gasteiger partial charge in [-0.2, -0.15) is 0 Å². The van der Waals surface area contributed by atoms with Crippen molar-refractivity contribution in [2.45, 2.75) is 53.4 Å². The van der Waals surface area contributed by atoms with E-state index in [1.807, 2.05) is 0 Å². The predicted molar refractivity (Wildman–Crippen MR) is 148 cm³/mol. The number of benzene rings is 2. The Kier molecular flexibility index (Phi) is 6.49. The van der Waals surface area contributed by atoms with Crippen molar-refractivity contribution in [1.82, 2.24) is 9.97 Å². The normalized spacial score (nSPS) is 13.2. The first kappa shape index (κ1) is 23.7. The Bertz CT molecular complexity index is 1300. The van der Waals surface area contributed by atoms with Gasteiger partial charge in [0, 0.05) is 0 Å². The molecule has 5 rings (SSSR count). The molecule has 2 unspecified atom stereocenters. The van der Waals surface area contributed by atoms with Gasteiger partial charge in [0.05, 0.1) is 0 Å². The molecule has 0 fully saturated rings. The van der Waals surface area contributed by atoms with E-state index in [0.29, 0.717) is 0 Å². The Morgan fingerprint density at radius 1 is 0.543 bits per heavy atom. The van der Waals surface area contributed by atoms with Gasteiger partial charge < -0.3 is 0 Å². The Balaban J connectivity index is 1.68. The molecule has 0 aliphatic rings. The van der Waals surface area contributed by atoms with Crippen molar-refractivity contribution in [3.63, 3.8) is 0 Å². The van der Waals surface area contributed by atoms with Gasteiger partial charge in [0.15, 0.2) is 0 Å². The summed E-state index contributed by atoms with van der Waals surface area (Å²) in [6, 6.07) is 22.9. The topological polar surface area (TPSA) is 31.6 Å². The fraction of sp³-hybridized carbons (Fsp3) is 0.250. The van der Waals surface area contributed by atoms with Crippen molar-refractivity contribution in [2.24, 2.45) is 0 Å². The summed E-state index contributed by atoms with van der Waals surface area (Å²) >= 11 is 0.235. The van der Waals surface area contributed by atoms with E-state index in [-0.39, 0.29) is 26.3 Å². The fourth-order valence-electron chi connectivity index (χ4n) is 5.92. The minimum absolute atomic E-state index is 0.235. The molecule has 2 atom stereocenters. The van der Waals surface area contributed by atoms with Crippen molar-refractivity contribution >= 4 is 14.5 Å². The second-order valence-electron chi connectivity index (χ2n) is 9.98. The second-order valence-corrected chi connectivity index (χ2v) is 12.4. The molecular weight excluding hydrogens is 491 g/mol. The summed E-state index contributed by atoms with van der Waals surface area (Å²) in [6.07, 6.45) is 4.11. The third kappa shape index (κ3) is 4.51. The van der Waals surface area contributed by atoms with Crippen LogP contribution in [0, 0.1) is 41.5 Å². The average Bonchev–Trinajstić information content (AvgIpc) is 3.56. The zero-order valence-electron chi connectivity index (χ0n) is 21.5. The Hall–Kier alpha value is -3.00. The summed E-state index contributed by atoms with van der Waals surface area (Å²) in [6.45, 7) is 13.5. The number of hydrogen-bond donors (Lipinski definition) is 2. The SMILES string of the molecule is Cc1cc(C)c(C(c2ccc[nH]2)c2ccc(C(c3ccc[nH]3)c3c(C)cc(C)cc3C)[se]2)c(C)c1. The van der Waals surface area contributed by atoms with Gasteiger partial charge >= 0.3 is 216 Å². The summed E-state index contributed by atoms with van der Waals surface area (Å²) in [7, 11) is 0. The van der Waals surface area contributed by atoms with Crippen LogP contribution in [0.2, 0.25) is 0 Å². The zero-order valence-corrected chi connectivity index (χ0v) is 23.2. The molecule has 0 saturated carbocycles. The van der Waals surface area contributed by atoms with E-state index in [4.69, 9.17) is 0 Å². The molecule has 0 saturated heterocycles. The maximum absolute atomic E-state index is 3.55. The standard InChI is InChI=1S/C32H34N2Se/c1-19-15-21(3)29(22(4)16-19)31(25-9-7-13-33-25)27-11-12-28(35-27)32(26-10-8-14-34-26)30-23(5)17-20(2)18-24(30)6/h7-18,31-34H,1-6H3. The molecule has 2 N–H and O–H groups in total. The molecule has 0 amide bonds. The molecule has 0 aliphatic carbocycles. The summed E-state index contributed by atoms with van der Waals surface area (Å²) in [5.41, 5.74) is 13.6. The van der Waals surface area contributed by atoms with Gasteiger partial charge in [0.25, 0.3) is 0 Å². The van der Waals surface area contributed by atoms with Gasteiger partial charge in [0.1, 0.15) is 0 Å². The average molecular weight is 526 g/mol. The minimum atomic E-state index is 0.235. The molecule has 3 heterocycles. The second kappa shape index (κ2) is 9.57. The van der Waals surface area contributed by atoms with Crippen LogP contribution < -0.4 is 0 Å². The summed E-state index contributed by atoms with van der Waals surface area (Å²) in [5.74, 6) is 0.507. The van der Waals surface area contributed by atoms with Crippen LogP contribution in [-0.2, 0) is 0 Å². The number of hydrogen-bond acceptors (Lipinski definition) is 0. The third-order valence-corrected chi connectivity index (χ3v) is 9.69. The molecule has 178 valence electrons. The first-order valence-electron chi connectivity index (χ1n) is 12.3. The summed E-state index contributed by atoms with van der Waals surface area (Å²) in [5, 5.41) is 0. The number of aromatic nitrogens is 2. The quantitative estimate of drug-likeness (QED) is 0.214. The van der Waals surface area contributed by atoms with Crippen LogP contribution in [0.5, 0.6) is 0 Å². The van der Waals surface area contributed by atoms with E-state index in [0.717, 1.165) is 0 Å². The number of rotatable bonds is 6. The van der Waals surface area contributed by atoms with Crippen LogP contribution in [-0.4, -0.2) is 24.5 Å². The predicted octanol–water partition coefficient (Wildman–Crippen LogP) is 7.61. The number of aromatic amines is 2.